The maximum absolute atomic E-state index is 5.73. The third kappa shape index (κ3) is 2.76. The van der Waals surface area contributed by atoms with Crippen molar-refractivity contribution in [3.8, 4) is 11.5 Å². The fraction of sp³-hybridized carbons (Fsp3) is 0.571. The first kappa shape index (κ1) is 13.2. The molecular weight excluding hydrogens is 228 g/mol. The van der Waals surface area contributed by atoms with E-state index in [0.29, 0.717) is 19.1 Å². The maximum Gasteiger partial charge on any atom is 0.166 e. The van der Waals surface area contributed by atoms with Crippen molar-refractivity contribution in [2.24, 2.45) is 11.8 Å². The van der Waals surface area contributed by atoms with Crippen LogP contribution in [0.1, 0.15) is 38.3 Å². The minimum Gasteiger partial charge on any atom is -0.486 e. The fourth-order valence-corrected chi connectivity index (χ4v) is 2.22. The van der Waals surface area contributed by atoms with Crippen LogP contribution >= 0.6 is 0 Å². The van der Waals surface area contributed by atoms with Gasteiger partial charge < -0.3 is 9.47 Å². The molecule has 0 radical (unpaired) electrons. The van der Waals surface area contributed by atoms with Crippen LogP contribution < -0.4 is 20.7 Å². The minimum absolute atomic E-state index is 0.108. The molecule has 1 aliphatic rings. The number of nitrogens with one attached hydrogen (secondary N) is 1. The Morgan fingerprint density at radius 3 is 2.83 bits per heavy atom. The maximum atomic E-state index is 5.73. The standard InChI is InChI=1S/C14H22N2O2/c1-3-10(2)9-12(16-15)11-5-4-6-13-14(11)18-8-7-17-13/h4-6,10,12,16H,3,7-9,15H2,1-2H3. The van der Waals surface area contributed by atoms with E-state index in [0.717, 1.165) is 29.9 Å². The van der Waals surface area contributed by atoms with Crippen LogP contribution in [0.4, 0.5) is 0 Å². The Morgan fingerprint density at radius 1 is 1.33 bits per heavy atom. The van der Waals surface area contributed by atoms with Gasteiger partial charge in [0.1, 0.15) is 13.2 Å². The normalized spacial score (nSPS) is 17.3. The first-order chi connectivity index (χ1) is 8.76. The highest BCUT2D eigenvalue weighted by atomic mass is 16.6. The molecule has 0 aliphatic carbocycles. The van der Waals surface area contributed by atoms with Crippen molar-refractivity contribution in [3.05, 3.63) is 23.8 Å². The molecule has 0 saturated carbocycles. The molecule has 1 aromatic rings. The smallest absolute Gasteiger partial charge is 0.166 e. The number of para-hydroxylation sites is 1. The molecule has 0 amide bonds. The molecule has 1 aliphatic heterocycles. The van der Waals surface area contributed by atoms with Gasteiger partial charge in [0.2, 0.25) is 0 Å². The number of ether oxygens (including phenoxy) is 2. The first-order valence-electron chi connectivity index (χ1n) is 6.60. The number of fused-ring (bicyclic) bond motifs is 1. The highest BCUT2D eigenvalue weighted by Gasteiger charge is 2.22. The van der Waals surface area contributed by atoms with Gasteiger partial charge in [0.25, 0.3) is 0 Å². The van der Waals surface area contributed by atoms with Crippen LogP contribution in [0, 0.1) is 5.92 Å². The van der Waals surface area contributed by atoms with E-state index in [1.165, 1.54) is 0 Å². The summed E-state index contributed by atoms with van der Waals surface area (Å²) in [5.74, 6) is 7.98. The molecule has 0 spiro atoms. The molecule has 1 aromatic carbocycles. The summed E-state index contributed by atoms with van der Waals surface area (Å²) in [5.41, 5.74) is 3.99. The van der Waals surface area contributed by atoms with Gasteiger partial charge in [0, 0.05) is 5.56 Å². The summed E-state index contributed by atoms with van der Waals surface area (Å²) in [6, 6.07) is 6.09. The SMILES string of the molecule is CCC(C)CC(NN)c1cccc2c1OCCO2. The van der Waals surface area contributed by atoms with Gasteiger partial charge in [-0.1, -0.05) is 32.4 Å². The van der Waals surface area contributed by atoms with Crippen molar-refractivity contribution < 1.29 is 9.47 Å². The van der Waals surface area contributed by atoms with Crippen molar-refractivity contribution >= 4 is 0 Å². The Morgan fingerprint density at radius 2 is 2.11 bits per heavy atom. The zero-order valence-corrected chi connectivity index (χ0v) is 11.1. The quantitative estimate of drug-likeness (QED) is 0.622. The van der Waals surface area contributed by atoms with Gasteiger partial charge in [0.15, 0.2) is 11.5 Å². The first-order valence-corrected chi connectivity index (χ1v) is 6.60. The number of hydrogen-bond acceptors (Lipinski definition) is 4. The van der Waals surface area contributed by atoms with Crippen LogP contribution in [0.2, 0.25) is 0 Å². The van der Waals surface area contributed by atoms with Crippen LogP contribution in [0.15, 0.2) is 18.2 Å². The molecular formula is C14H22N2O2. The molecule has 2 unspecified atom stereocenters. The van der Waals surface area contributed by atoms with Gasteiger partial charge in [-0.25, -0.2) is 0 Å². The number of hydrazine groups is 1. The van der Waals surface area contributed by atoms with Crippen LogP contribution in [0.5, 0.6) is 11.5 Å². The average Bonchev–Trinajstić information content (AvgIpc) is 2.44. The van der Waals surface area contributed by atoms with E-state index >= 15 is 0 Å². The van der Waals surface area contributed by atoms with Crippen LogP contribution in [0.3, 0.4) is 0 Å². The Bertz CT molecular complexity index is 395. The highest BCUT2D eigenvalue weighted by Crippen LogP contribution is 2.38. The van der Waals surface area contributed by atoms with Crippen molar-refractivity contribution in [2.75, 3.05) is 13.2 Å². The summed E-state index contributed by atoms with van der Waals surface area (Å²) in [6.07, 6.45) is 2.14. The molecule has 0 aromatic heterocycles. The third-order valence-corrected chi connectivity index (χ3v) is 3.51. The van der Waals surface area contributed by atoms with Crippen molar-refractivity contribution in [2.45, 2.75) is 32.7 Å². The number of hydrogen-bond donors (Lipinski definition) is 2. The summed E-state index contributed by atoms with van der Waals surface area (Å²) in [4.78, 5) is 0. The number of benzene rings is 1. The zero-order valence-electron chi connectivity index (χ0n) is 11.1. The Kier molecular flexibility index (Phi) is 4.44. The number of rotatable bonds is 5. The lowest BCUT2D eigenvalue weighted by atomic mass is 9.94. The molecule has 1 heterocycles. The predicted octanol–water partition coefficient (Wildman–Crippen LogP) is 2.40. The lowest BCUT2D eigenvalue weighted by Gasteiger charge is -2.26. The zero-order chi connectivity index (χ0) is 13.0. The van der Waals surface area contributed by atoms with E-state index in [-0.39, 0.29) is 6.04 Å². The molecule has 3 N–H and O–H groups in total. The largest absolute Gasteiger partial charge is 0.486 e. The van der Waals surface area contributed by atoms with Crippen molar-refractivity contribution in [1.82, 2.24) is 5.43 Å². The van der Waals surface area contributed by atoms with Gasteiger partial charge in [-0.3, -0.25) is 11.3 Å². The van der Waals surface area contributed by atoms with E-state index in [1.54, 1.807) is 0 Å². The molecule has 18 heavy (non-hydrogen) atoms. The van der Waals surface area contributed by atoms with E-state index < -0.39 is 0 Å². The highest BCUT2D eigenvalue weighted by molar-refractivity contribution is 5.48. The second-order valence-corrected chi connectivity index (χ2v) is 4.84. The average molecular weight is 250 g/mol. The molecule has 0 fully saturated rings. The second kappa shape index (κ2) is 6.07. The second-order valence-electron chi connectivity index (χ2n) is 4.84. The van der Waals surface area contributed by atoms with Crippen LogP contribution in [-0.2, 0) is 0 Å². The Balaban J connectivity index is 2.24. The van der Waals surface area contributed by atoms with Gasteiger partial charge >= 0.3 is 0 Å². The summed E-state index contributed by atoms with van der Waals surface area (Å²) in [7, 11) is 0. The summed E-state index contributed by atoms with van der Waals surface area (Å²) in [6.45, 7) is 5.64. The molecule has 2 atom stereocenters. The van der Waals surface area contributed by atoms with Gasteiger partial charge in [-0.05, 0) is 18.4 Å². The van der Waals surface area contributed by atoms with E-state index in [9.17, 15) is 0 Å². The Labute approximate surface area is 108 Å². The van der Waals surface area contributed by atoms with Gasteiger partial charge in [-0.2, -0.15) is 0 Å². The summed E-state index contributed by atoms with van der Waals surface area (Å²) in [5, 5.41) is 0. The van der Waals surface area contributed by atoms with E-state index in [2.05, 4.69) is 25.3 Å². The molecule has 2 rings (SSSR count). The van der Waals surface area contributed by atoms with E-state index in [1.807, 2.05) is 12.1 Å². The van der Waals surface area contributed by atoms with Crippen LogP contribution in [-0.4, -0.2) is 13.2 Å². The number of nitrogens with two attached hydrogens (primary N) is 1. The molecule has 4 heteroatoms. The molecule has 0 saturated heterocycles. The van der Waals surface area contributed by atoms with Gasteiger partial charge in [0.05, 0.1) is 6.04 Å². The lowest BCUT2D eigenvalue weighted by Crippen LogP contribution is -2.30. The minimum atomic E-state index is 0.108. The fourth-order valence-electron chi connectivity index (χ4n) is 2.22. The van der Waals surface area contributed by atoms with Gasteiger partial charge in [-0.15, -0.1) is 0 Å². The monoisotopic (exact) mass is 250 g/mol. The lowest BCUT2D eigenvalue weighted by molar-refractivity contribution is 0.168. The van der Waals surface area contributed by atoms with Crippen molar-refractivity contribution in [3.63, 3.8) is 0 Å². The van der Waals surface area contributed by atoms with Crippen LogP contribution in [0.25, 0.3) is 0 Å². The molecule has 0 bridgehead atoms. The summed E-state index contributed by atoms with van der Waals surface area (Å²) >= 11 is 0. The molecule has 100 valence electrons. The third-order valence-electron chi connectivity index (χ3n) is 3.51. The predicted molar refractivity (Wildman–Crippen MR) is 71.6 cm³/mol. The van der Waals surface area contributed by atoms with E-state index in [4.69, 9.17) is 15.3 Å². The molecule has 4 nitrogen and oxygen atoms in total. The van der Waals surface area contributed by atoms with Crippen molar-refractivity contribution in [1.29, 1.82) is 0 Å². The topological polar surface area (TPSA) is 56.5 Å². The summed E-state index contributed by atoms with van der Waals surface area (Å²) < 4.78 is 11.3. The Hall–Kier alpha value is -1.26.